The van der Waals surface area contributed by atoms with Crippen molar-refractivity contribution in [3.8, 4) is 11.1 Å². The molecule has 4 nitrogen and oxygen atoms in total. The summed E-state index contributed by atoms with van der Waals surface area (Å²) in [6.07, 6.45) is 1.65. The summed E-state index contributed by atoms with van der Waals surface area (Å²) < 4.78 is 7.71. The average Bonchev–Trinajstić information content (AvgIpc) is 3.34. The molecule has 0 spiro atoms. The Kier molecular flexibility index (Phi) is 4.54. The Morgan fingerprint density at radius 1 is 0.967 bits per heavy atom. The lowest BCUT2D eigenvalue weighted by atomic mass is 10.0. The largest absolute Gasteiger partial charge is 0.467 e. The number of nitrogens with two attached hydrogens (primary N) is 1. The van der Waals surface area contributed by atoms with Gasteiger partial charge in [0.05, 0.1) is 23.8 Å². The monoisotopic (exact) mass is 434 g/mol. The summed E-state index contributed by atoms with van der Waals surface area (Å²) in [6, 6.07) is 20.9. The van der Waals surface area contributed by atoms with Crippen LogP contribution >= 0.6 is 23.2 Å². The molecule has 6 heteroatoms. The van der Waals surface area contributed by atoms with Crippen molar-refractivity contribution in [3.05, 3.63) is 94.4 Å². The van der Waals surface area contributed by atoms with Crippen LogP contribution in [0.3, 0.4) is 0 Å². The van der Waals surface area contributed by atoms with Crippen LogP contribution < -0.4 is 5.73 Å². The van der Waals surface area contributed by atoms with Crippen LogP contribution in [0.5, 0.6) is 0 Å². The van der Waals surface area contributed by atoms with Crippen molar-refractivity contribution in [2.75, 3.05) is 0 Å². The minimum Gasteiger partial charge on any atom is -0.467 e. The predicted octanol–water partition coefficient (Wildman–Crippen LogP) is 6.51. The highest BCUT2D eigenvalue weighted by Crippen LogP contribution is 2.37. The Morgan fingerprint density at radius 2 is 1.83 bits per heavy atom. The lowest BCUT2D eigenvalue weighted by Gasteiger charge is -2.08. The molecule has 0 radical (unpaired) electrons. The van der Waals surface area contributed by atoms with Crippen molar-refractivity contribution >= 4 is 50.9 Å². The number of amides is 1. The maximum absolute atomic E-state index is 12.1. The first kappa shape index (κ1) is 18.8. The second-order valence-electron chi connectivity index (χ2n) is 7.09. The molecule has 2 N–H and O–H groups in total. The van der Waals surface area contributed by atoms with Crippen molar-refractivity contribution in [1.82, 2.24) is 4.57 Å². The third-order valence-corrected chi connectivity index (χ3v) is 5.84. The fourth-order valence-electron chi connectivity index (χ4n) is 3.97. The van der Waals surface area contributed by atoms with E-state index >= 15 is 0 Å². The number of aromatic nitrogens is 1. The molecule has 5 aromatic rings. The number of primary amides is 1. The average molecular weight is 435 g/mol. The molecule has 0 bridgehead atoms. The first-order valence-electron chi connectivity index (χ1n) is 9.35. The van der Waals surface area contributed by atoms with Gasteiger partial charge in [-0.25, -0.2) is 0 Å². The number of carbonyl (C=O) groups excluding carboxylic acids is 1. The molecule has 0 atom stereocenters. The molecule has 0 fully saturated rings. The van der Waals surface area contributed by atoms with Gasteiger partial charge in [0.25, 0.3) is 0 Å². The third-order valence-electron chi connectivity index (χ3n) is 5.29. The fraction of sp³-hybridized carbons (Fsp3) is 0.0417. The highest BCUT2D eigenvalue weighted by atomic mass is 35.5. The normalized spacial score (nSPS) is 11.4. The van der Waals surface area contributed by atoms with E-state index in [4.69, 9.17) is 33.4 Å². The van der Waals surface area contributed by atoms with Crippen LogP contribution in [0, 0.1) is 0 Å². The molecule has 30 heavy (non-hydrogen) atoms. The van der Waals surface area contributed by atoms with Crippen LogP contribution in [0.15, 0.2) is 77.4 Å². The number of benzene rings is 3. The molecule has 0 unspecified atom stereocenters. The van der Waals surface area contributed by atoms with E-state index in [0.29, 0.717) is 22.2 Å². The number of hydrogen-bond donors (Lipinski definition) is 1. The first-order valence-corrected chi connectivity index (χ1v) is 10.1. The van der Waals surface area contributed by atoms with Crippen LogP contribution in [0.25, 0.3) is 32.9 Å². The number of rotatable bonds is 4. The summed E-state index contributed by atoms with van der Waals surface area (Å²) in [4.78, 5) is 12.1. The smallest absolute Gasteiger partial charge is 0.249 e. The quantitative estimate of drug-likeness (QED) is 0.350. The fourth-order valence-corrected chi connectivity index (χ4v) is 4.49. The van der Waals surface area contributed by atoms with Crippen LogP contribution in [-0.2, 0) is 6.54 Å². The minimum atomic E-state index is -0.456. The number of furan rings is 1. The Hall–Kier alpha value is -3.21. The molecule has 0 saturated carbocycles. The standard InChI is InChI=1S/C24H16Cl2N2O2/c25-15-7-9-17(20(26)12-15)14-6-8-18-22(11-14)28(13-16-3-2-10-30-16)21-5-1-4-19(23(18)21)24(27)29/h1-12H,13H2,(H2,27,29). The summed E-state index contributed by atoms with van der Waals surface area (Å²) in [7, 11) is 0. The SMILES string of the molecule is NC(=O)c1cccc2c1c1ccc(-c3ccc(Cl)cc3Cl)cc1n2Cc1ccco1. The molecule has 2 heterocycles. The molecular formula is C24H16Cl2N2O2. The third kappa shape index (κ3) is 3.05. The molecule has 1 amide bonds. The van der Waals surface area contributed by atoms with Crippen molar-refractivity contribution in [2.45, 2.75) is 6.54 Å². The summed E-state index contributed by atoms with van der Waals surface area (Å²) >= 11 is 12.5. The first-order chi connectivity index (χ1) is 14.5. The molecule has 0 aliphatic heterocycles. The van der Waals surface area contributed by atoms with Gasteiger partial charge in [-0.05, 0) is 48.0 Å². The Morgan fingerprint density at radius 3 is 2.57 bits per heavy atom. The number of carbonyl (C=O) groups is 1. The molecule has 0 saturated heterocycles. The van der Waals surface area contributed by atoms with Gasteiger partial charge in [0, 0.05) is 31.9 Å². The number of fused-ring (bicyclic) bond motifs is 3. The Labute approximate surface area is 182 Å². The van der Waals surface area contributed by atoms with Crippen LogP contribution in [0.2, 0.25) is 10.0 Å². The van der Waals surface area contributed by atoms with Gasteiger partial charge in [-0.3, -0.25) is 4.79 Å². The van der Waals surface area contributed by atoms with Crippen LogP contribution in [0.1, 0.15) is 16.1 Å². The Bertz CT molecular complexity index is 1420. The molecule has 148 valence electrons. The Balaban J connectivity index is 1.82. The van der Waals surface area contributed by atoms with E-state index < -0.39 is 5.91 Å². The van der Waals surface area contributed by atoms with Crippen molar-refractivity contribution in [2.24, 2.45) is 5.73 Å². The van der Waals surface area contributed by atoms with E-state index in [1.807, 2.05) is 48.5 Å². The van der Waals surface area contributed by atoms with Gasteiger partial charge in [0.2, 0.25) is 5.91 Å². The van der Waals surface area contributed by atoms with E-state index in [-0.39, 0.29) is 0 Å². The second-order valence-corrected chi connectivity index (χ2v) is 7.93. The summed E-state index contributed by atoms with van der Waals surface area (Å²) in [5, 5.41) is 2.94. The van der Waals surface area contributed by atoms with Gasteiger partial charge in [-0.2, -0.15) is 0 Å². The number of halogens is 2. The van der Waals surface area contributed by atoms with Crippen molar-refractivity contribution in [1.29, 1.82) is 0 Å². The predicted molar refractivity (Wildman–Crippen MR) is 121 cm³/mol. The van der Waals surface area contributed by atoms with Gasteiger partial charge in [-0.1, -0.05) is 47.5 Å². The van der Waals surface area contributed by atoms with E-state index in [0.717, 1.165) is 38.7 Å². The highest BCUT2D eigenvalue weighted by Gasteiger charge is 2.18. The lowest BCUT2D eigenvalue weighted by molar-refractivity contribution is 0.100. The minimum absolute atomic E-state index is 0.456. The summed E-state index contributed by atoms with van der Waals surface area (Å²) in [6.45, 7) is 0.521. The van der Waals surface area contributed by atoms with Gasteiger partial charge in [0.1, 0.15) is 5.76 Å². The van der Waals surface area contributed by atoms with E-state index in [2.05, 4.69) is 10.6 Å². The summed E-state index contributed by atoms with van der Waals surface area (Å²) in [5.41, 5.74) is 9.87. The molecule has 0 aliphatic rings. The highest BCUT2D eigenvalue weighted by molar-refractivity contribution is 6.36. The van der Waals surface area contributed by atoms with Crippen molar-refractivity contribution < 1.29 is 9.21 Å². The van der Waals surface area contributed by atoms with Crippen LogP contribution in [-0.4, -0.2) is 10.5 Å². The topological polar surface area (TPSA) is 61.2 Å². The van der Waals surface area contributed by atoms with E-state index in [1.54, 1.807) is 18.4 Å². The van der Waals surface area contributed by atoms with Gasteiger partial charge < -0.3 is 14.7 Å². The van der Waals surface area contributed by atoms with Gasteiger partial charge in [-0.15, -0.1) is 0 Å². The lowest BCUT2D eigenvalue weighted by Crippen LogP contribution is -2.11. The summed E-state index contributed by atoms with van der Waals surface area (Å²) in [5.74, 6) is 0.357. The van der Waals surface area contributed by atoms with E-state index in [9.17, 15) is 4.79 Å². The number of nitrogens with zero attached hydrogens (tertiary/aromatic N) is 1. The molecule has 5 rings (SSSR count). The zero-order chi connectivity index (χ0) is 20.8. The molecular weight excluding hydrogens is 419 g/mol. The van der Waals surface area contributed by atoms with E-state index in [1.165, 1.54) is 0 Å². The van der Waals surface area contributed by atoms with Gasteiger partial charge >= 0.3 is 0 Å². The zero-order valence-corrected chi connectivity index (χ0v) is 17.2. The van der Waals surface area contributed by atoms with Crippen LogP contribution in [0.4, 0.5) is 0 Å². The molecule has 2 aromatic heterocycles. The maximum Gasteiger partial charge on any atom is 0.249 e. The van der Waals surface area contributed by atoms with Gasteiger partial charge in [0.15, 0.2) is 0 Å². The second kappa shape index (κ2) is 7.24. The molecule has 0 aliphatic carbocycles. The number of hydrogen-bond acceptors (Lipinski definition) is 2. The zero-order valence-electron chi connectivity index (χ0n) is 15.7. The molecule has 3 aromatic carbocycles. The maximum atomic E-state index is 12.1. The van der Waals surface area contributed by atoms with Crippen molar-refractivity contribution in [3.63, 3.8) is 0 Å².